The van der Waals surface area contributed by atoms with Crippen molar-refractivity contribution in [2.24, 2.45) is 5.10 Å². The number of nitrogens with one attached hydrogen (secondary N) is 2. The molecule has 0 radical (unpaired) electrons. The molecule has 3 aromatic carbocycles. The first-order valence-corrected chi connectivity index (χ1v) is 10.0. The number of carbonyl (C=O) groups excluding carboxylic acids is 3. The Morgan fingerprint density at radius 1 is 0.969 bits per heavy atom. The number of halogens is 1. The number of ether oxygens (including phenoxy) is 1. The first-order valence-electron chi connectivity index (χ1n) is 9.65. The summed E-state index contributed by atoms with van der Waals surface area (Å²) in [6.45, 7) is 1.72. The van der Waals surface area contributed by atoms with E-state index in [1.807, 2.05) is 19.1 Å². The molecule has 32 heavy (non-hydrogen) atoms. The molecule has 0 saturated heterocycles. The van der Waals surface area contributed by atoms with Gasteiger partial charge in [0, 0.05) is 10.6 Å². The summed E-state index contributed by atoms with van der Waals surface area (Å²) in [5, 5.41) is 6.83. The minimum absolute atomic E-state index is 0.206. The monoisotopic (exact) mass is 449 g/mol. The van der Waals surface area contributed by atoms with E-state index in [0.29, 0.717) is 27.5 Å². The predicted molar refractivity (Wildman–Crippen MR) is 122 cm³/mol. The molecule has 0 aliphatic heterocycles. The van der Waals surface area contributed by atoms with E-state index in [0.717, 1.165) is 5.56 Å². The molecular formula is C24H20ClN3O4. The summed E-state index contributed by atoms with van der Waals surface area (Å²) in [6.07, 6.45) is 1.43. The summed E-state index contributed by atoms with van der Waals surface area (Å²) in [5.41, 5.74) is 4.88. The number of hydrazone groups is 1. The highest BCUT2D eigenvalue weighted by Crippen LogP contribution is 2.16. The number of nitrogens with zero attached hydrogens (tertiary/aromatic N) is 1. The number of hydrogen-bond donors (Lipinski definition) is 2. The Labute approximate surface area is 190 Å². The Morgan fingerprint density at radius 3 is 2.38 bits per heavy atom. The van der Waals surface area contributed by atoms with Crippen molar-refractivity contribution in [2.75, 3.05) is 6.54 Å². The van der Waals surface area contributed by atoms with Gasteiger partial charge in [-0.1, -0.05) is 35.4 Å². The van der Waals surface area contributed by atoms with Gasteiger partial charge in [0.1, 0.15) is 5.75 Å². The van der Waals surface area contributed by atoms with E-state index in [1.54, 1.807) is 54.6 Å². The highest BCUT2D eigenvalue weighted by atomic mass is 35.5. The summed E-state index contributed by atoms with van der Waals surface area (Å²) >= 11 is 5.88. The molecule has 7 nitrogen and oxygen atoms in total. The van der Waals surface area contributed by atoms with E-state index < -0.39 is 11.9 Å². The fourth-order valence-corrected chi connectivity index (χ4v) is 2.78. The number of amides is 2. The molecular weight excluding hydrogens is 430 g/mol. The molecule has 3 rings (SSSR count). The van der Waals surface area contributed by atoms with Gasteiger partial charge < -0.3 is 10.1 Å². The van der Waals surface area contributed by atoms with Gasteiger partial charge >= 0.3 is 5.97 Å². The van der Waals surface area contributed by atoms with Gasteiger partial charge in [-0.25, -0.2) is 10.2 Å². The van der Waals surface area contributed by atoms with Crippen LogP contribution in [0.3, 0.4) is 0 Å². The van der Waals surface area contributed by atoms with Gasteiger partial charge in [0.15, 0.2) is 0 Å². The van der Waals surface area contributed by atoms with Gasteiger partial charge in [-0.2, -0.15) is 5.10 Å². The van der Waals surface area contributed by atoms with Crippen LogP contribution in [0.5, 0.6) is 5.75 Å². The first-order chi connectivity index (χ1) is 15.4. The van der Waals surface area contributed by atoms with E-state index in [-0.39, 0.29) is 12.5 Å². The number of carbonyl (C=O) groups is 3. The Balaban J connectivity index is 1.45. The standard InChI is InChI=1S/C24H20ClN3O4/c1-16-5-9-18(10-6-16)23(30)26-15-22(29)28-27-14-17-7-11-21(12-8-17)32-24(31)19-3-2-4-20(25)13-19/h2-14H,15H2,1H3,(H,26,30)(H,28,29). The van der Waals surface area contributed by atoms with E-state index in [9.17, 15) is 14.4 Å². The van der Waals surface area contributed by atoms with Crippen molar-refractivity contribution in [1.82, 2.24) is 10.7 Å². The fourth-order valence-electron chi connectivity index (χ4n) is 2.59. The minimum Gasteiger partial charge on any atom is -0.423 e. The topological polar surface area (TPSA) is 96.9 Å². The fraction of sp³-hybridized carbons (Fsp3) is 0.0833. The molecule has 0 heterocycles. The Morgan fingerprint density at radius 2 is 1.69 bits per heavy atom. The van der Waals surface area contributed by atoms with Crippen LogP contribution in [0.2, 0.25) is 5.02 Å². The Kier molecular flexibility index (Phi) is 7.72. The highest BCUT2D eigenvalue weighted by molar-refractivity contribution is 6.30. The van der Waals surface area contributed by atoms with Crippen LogP contribution < -0.4 is 15.5 Å². The van der Waals surface area contributed by atoms with Gasteiger partial charge in [-0.3, -0.25) is 9.59 Å². The molecule has 0 spiro atoms. The highest BCUT2D eigenvalue weighted by Gasteiger charge is 2.09. The summed E-state index contributed by atoms with van der Waals surface area (Å²) in [5.74, 6) is -0.968. The zero-order chi connectivity index (χ0) is 22.9. The lowest BCUT2D eigenvalue weighted by atomic mass is 10.1. The van der Waals surface area contributed by atoms with Crippen molar-refractivity contribution in [1.29, 1.82) is 0 Å². The molecule has 3 aromatic rings. The van der Waals surface area contributed by atoms with Crippen molar-refractivity contribution >= 4 is 35.6 Å². The minimum atomic E-state index is -0.520. The molecule has 0 aliphatic carbocycles. The average molecular weight is 450 g/mol. The van der Waals surface area contributed by atoms with E-state index >= 15 is 0 Å². The largest absolute Gasteiger partial charge is 0.423 e. The van der Waals surface area contributed by atoms with Crippen LogP contribution in [0.4, 0.5) is 0 Å². The van der Waals surface area contributed by atoms with Crippen molar-refractivity contribution in [3.63, 3.8) is 0 Å². The Bertz CT molecular complexity index is 1140. The summed E-state index contributed by atoms with van der Waals surface area (Å²) < 4.78 is 5.30. The lowest BCUT2D eigenvalue weighted by Gasteiger charge is -2.05. The molecule has 0 aliphatic rings. The average Bonchev–Trinajstić information content (AvgIpc) is 2.79. The maximum absolute atomic E-state index is 12.1. The van der Waals surface area contributed by atoms with Gasteiger partial charge in [0.05, 0.1) is 18.3 Å². The van der Waals surface area contributed by atoms with Crippen LogP contribution >= 0.6 is 11.6 Å². The number of rotatable bonds is 7. The zero-order valence-corrected chi connectivity index (χ0v) is 17.9. The maximum atomic E-state index is 12.1. The smallest absolute Gasteiger partial charge is 0.343 e. The van der Waals surface area contributed by atoms with Gasteiger partial charge in [-0.05, 0) is 67.1 Å². The summed E-state index contributed by atoms with van der Waals surface area (Å²) in [6, 6.07) is 20.1. The quantitative estimate of drug-likeness (QED) is 0.248. The van der Waals surface area contributed by atoms with Crippen molar-refractivity contribution in [3.8, 4) is 5.75 Å². The maximum Gasteiger partial charge on any atom is 0.343 e. The van der Waals surface area contributed by atoms with Crippen LogP contribution in [0.1, 0.15) is 31.8 Å². The second-order valence-corrected chi connectivity index (χ2v) is 7.25. The SMILES string of the molecule is Cc1ccc(C(=O)NCC(=O)NN=Cc2ccc(OC(=O)c3cccc(Cl)c3)cc2)cc1. The second kappa shape index (κ2) is 10.9. The summed E-state index contributed by atoms with van der Waals surface area (Å²) in [7, 11) is 0. The van der Waals surface area contributed by atoms with Crippen LogP contribution in [-0.4, -0.2) is 30.5 Å². The van der Waals surface area contributed by atoms with Crippen LogP contribution in [0.15, 0.2) is 77.9 Å². The van der Waals surface area contributed by atoms with Crippen molar-refractivity contribution < 1.29 is 19.1 Å². The van der Waals surface area contributed by atoms with Gasteiger partial charge in [0.25, 0.3) is 11.8 Å². The van der Waals surface area contributed by atoms with Crippen molar-refractivity contribution in [2.45, 2.75) is 6.92 Å². The molecule has 0 atom stereocenters. The number of aryl methyl sites for hydroxylation is 1. The lowest BCUT2D eigenvalue weighted by molar-refractivity contribution is -0.120. The van der Waals surface area contributed by atoms with E-state index in [4.69, 9.17) is 16.3 Å². The summed E-state index contributed by atoms with van der Waals surface area (Å²) in [4.78, 5) is 36.0. The van der Waals surface area contributed by atoms with Crippen LogP contribution in [0, 0.1) is 6.92 Å². The molecule has 0 bridgehead atoms. The molecule has 2 N–H and O–H groups in total. The second-order valence-electron chi connectivity index (χ2n) is 6.81. The first kappa shape index (κ1) is 22.7. The normalized spacial score (nSPS) is 10.6. The number of esters is 1. The third-order valence-electron chi connectivity index (χ3n) is 4.28. The van der Waals surface area contributed by atoms with Crippen LogP contribution in [0.25, 0.3) is 0 Å². The molecule has 2 amide bonds. The predicted octanol–water partition coefficient (Wildman–Crippen LogP) is 3.75. The molecule has 8 heteroatoms. The molecule has 0 unspecified atom stereocenters. The molecule has 162 valence electrons. The zero-order valence-electron chi connectivity index (χ0n) is 17.2. The molecule has 0 fully saturated rings. The van der Waals surface area contributed by atoms with Crippen LogP contribution in [-0.2, 0) is 4.79 Å². The lowest BCUT2D eigenvalue weighted by Crippen LogP contribution is -2.34. The van der Waals surface area contributed by atoms with Gasteiger partial charge in [0.2, 0.25) is 0 Å². The third kappa shape index (κ3) is 6.78. The number of hydrogen-bond acceptors (Lipinski definition) is 5. The Hall–Kier alpha value is -3.97. The molecule has 0 aromatic heterocycles. The van der Waals surface area contributed by atoms with Crippen molar-refractivity contribution in [3.05, 3.63) is 100 Å². The number of benzene rings is 3. The van der Waals surface area contributed by atoms with Gasteiger partial charge in [-0.15, -0.1) is 0 Å². The van der Waals surface area contributed by atoms with E-state index in [2.05, 4.69) is 15.8 Å². The van der Waals surface area contributed by atoms with E-state index in [1.165, 1.54) is 12.3 Å². The molecule has 0 saturated carbocycles. The third-order valence-corrected chi connectivity index (χ3v) is 4.51.